The van der Waals surface area contributed by atoms with E-state index in [-0.39, 0.29) is 17.7 Å². The van der Waals surface area contributed by atoms with Crippen molar-refractivity contribution in [2.45, 2.75) is 50.7 Å². The van der Waals surface area contributed by atoms with E-state index in [0.717, 1.165) is 10.5 Å². The number of hydrogen-bond donors (Lipinski definition) is 0. The van der Waals surface area contributed by atoms with Crippen LogP contribution in [0.2, 0.25) is 0 Å². The van der Waals surface area contributed by atoms with Crippen molar-refractivity contribution >= 4 is 6.03 Å². The van der Waals surface area contributed by atoms with Crippen molar-refractivity contribution < 1.29 is 35.5 Å². The molecule has 2 aromatic rings. The van der Waals surface area contributed by atoms with E-state index in [0.29, 0.717) is 37.1 Å². The zero-order chi connectivity index (χ0) is 27.0. The number of piperidine rings is 1. The van der Waals surface area contributed by atoms with Gasteiger partial charge in [-0.1, -0.05) is 6.07 Å². The molecule has 0 bridgehead atoms. The Morgan fingerprint density at radius 1 is 0.972 bits per heavy atom. The molecule has 2 atom stereocenters. The highest BCUT2D eigenvalue weighted by Crippen LogP contribution is 2.38. The highest BCUT2D eigenvalue weighted by molar-refractivity contribution is 5.75. The standard InChI is InChI=1S/C25H28F7N3O/c1-15-9-19(26)5-6-21(15)22-13-20(33(2)3)7-8-35(22)23(36)34(4)14-16-10-17(24(27,28)29)12-18(11-16)25(30,31)32/h5-6,9-12,20,22H,7-8,13-14H2,1-4H3/t20-,22-/m0/s1. The van der Waals surface area contributed by atoms with Crippen molar-refractivity contribution in [3.05, 3.63) is 70.0 Å². The Morgan fingerprint density at radius 2 is 1.56 bits per heavy atom. The van der Waals surface area contributed by atoms with Gasteiger partial charge in [0.05, 0.1) is 17.2 Å². The predicted molar refractivity (Wildman–Crippen MR) is 121 cm³/mol. The van der Waals surface area contributed by atoms with E-state index in [2.05, 4.69) is 0 Å². The summed E-state index contributed by atoms with van der Waals surface area (Å²) in [7, 11) is 5.16. The highest BCUT2D eigenvalue weighted by atomic mass is 19.4. The molecule has 0 aromatic heterocycles. The molecule has 0 radical (unpaired) electrons. The molecule has 0 N–H and O–H groups in total. The van der Waals surface area contributed by atoms with E-state index in [1.165, 1.54) is 19.2 Å². The van der Waals surface area contributed by atoms with Gasteiger partial charge in [-0.2, -0.15) is 26.3 Å². The van der Waals surface area contributed by atoms with E-state index < -0.39 is 47.9 Å². The second kappa shape index (κ2) is 10.3. The summed E-state index contributed by atoms with van der Waals surface area (Å²) in [5, 5.41) is 0. The molecule has 3 rings (SSSR count). The molecule has 1 heterocycles. The minimum Gasteiger partial charge on any atom is -0.323 e. The van der Waals surface area contributed by atoms with Crippen LogP contribution >= 0.6 is 0 Å². The molecule has 2 aromatic carbocycles. The number of benzene rings is 2. The Labute approximate surface area is 205 Å². The molecule has 1 aliphatic heterocycles. The van der Waals surface area contributed by atoms with Crippen LogP contribution in [0.5, 0.6) is 0 Å². The molecule has 36 heavy (non-hydrogen) atoms. The van der Waals surface area contributed by atoms with Gasteiger partial charge in [0.25, 0.3) is 0 Å². The van der Waals surface area contributed by atoms with Gasteiger partial charge in [-0.3, -0.25) is 0 Å². The fourth-order valence-corrected chi connectivity index (χ4v) is 4.62. The molecule has 1 aliphatic rings. The number of amides is 2. The number of alkyl halides is 6. The van der Waals surface area contributed by atoms with Gasteiger partial charge < -0.3 is 14.7 Å². The minimum absolute atomic E-state index is 0.0602. The maximum Gasteiger partial charge on any atom is 0.416 e. The van der Waals surface area contributed by atoms with Crippen LogP contribution < -0.4 is 0 Å². The number of rotatable bonds is 4. The summed E-state index contributed by atoms with van der Waals surface area (Å²) < 4.78 is 93.2. The number of halogens is 7. The largest absolute Gasteiger partial charge is 0.416 e. The monoisotopic (exact) mass is 519 g/mol. The fourth-order valence-electron chi connectivity index (χ4n) is 4.62. The van der Waals surface area contributed by atoms with Crippen LogP contribution in [0.15, 0.2) is 36.4 Å². The molecule has 4 nitrogen and oxygen atoms in total. The van der Waals surface area contributed by atoms with Crippen LogP contribution in [0.25, 0.3) is 0 Å². The number of urea groups is 1. The lowest BCUT2D eigenvalue weighted by atomic mass is 9.89. The lowest BCUT2D eigenvalue weighted by Crippen LogP contribution is -2.50. The topological polar surface area (TPSA) is 26.8 Å². The molecular formula is C25H28F7N3O. The van der Waals surface area contributed by atoms with Gasteiger partial charge in [-0.05, 0) is 80.9 Å². The summed E-state index contributed by atoms with van der Waals surface area (Å²) in [5.41, 5.74) is -1.76. The van der Waals surface area contributed by atoms with Crippen LogP contribution in [0.4, 0.5) is 35.5 Å². The molecule has 1 saturated heterocycles. The molecule has 198 valence electrons. The summed E-state index contributed by atoms with van der Waals surface area (Å²) in [5.74, 6) is -0.420. The Balaban J connectivity index is 1.91. The normalized spacial score (nSPS) is 19.1. The molecular weight excluding hydrogens is 491 g/mol. The number of likely N-dealkylation sites (tertiary alicyclic amines) is 1. The Kier molecular flexibility index (Phi) is 7.92. The molecule has 0 saturated carbocycles. The molecule has 11 heteroatoms. The molecule has 0 aliphatic carbocycles. The first-order chi connectivity index (χ1) is 16.6. The van der Waals surface area contributed by atoms with Gasteiger partial charge in [0.1, 0.15) is 5.82 Å². The zero-order valence-corrected chi connectivity index (χ0v) is 20.3. The van der Waals surface area contributed by atoms with Crippen molar-refractivity contribution in [3.63, 3.8) is 0 Å². The fraction of sp³-hybridized carbons (Fsp3) is 0.480. The van der Waals surface area contributed by atoms with Gasteiger partial charge in [-0.15, -0.1) is 0 Å². The Bertz CT molecular complexity index is 1070. The summed E-state index contributed by atoms with van der Waals surface area (Å²) in [4.78, 5) is 18.1. The summed E-state index contributed by atoms with van der Waals surface area (Å²) in [6, 6.07) is 4.74. The summed E-state index contributed by atoms with van der Waals surface area (Å²) in [6.07, 6.45) is -8.78. The number of nitrogens with zero attached hydrogens (tertiary/aromatic N) is 3. The maximum atomic E-state index is 13.7. The van der Waals surface area contributed by atoms with Crippen molar-refractivity contribution in [3.8, 4) is 0 Å². The van der Waals surface area contributed by atoms with Crippen LogP contribution in [0, 0.1) is 12.7 Å². The first kappa shape index (κ1) is 27.8. The smallest absolute Gasteiger partial charge is 0.323 e. The molecule has 2 amide bonds. The highest BCUT2D eigenvalue weighted by Gasteiger charge is 2.38. The molecule has 0 unspecified atom stereocenters. The Morgan fingerprint density at radius 3 is 2.06 bits per heavy atom. The zero-order valence-electron chi connectivity index (χ0n) is 20.3. The van der Waals surface area contributed by atoms with E-state index in [1.807, 2.05) is 19.0 Å². The number of carbonyl (C=O) groups is 1. The number of aryl methyl sites for hydroxylation is 1. The van der Waals surface area contributed by atoms with E-state index in [1.54, 1.807) is 17.9 Å². The van der Waals surface area contributed by atoms with Crippen molar-refractivity contribution in [2.75, 3.05) is 27.7 Å². The van der Waals surface area contributed by atoms with Gasteiger partial charge in [0.2, 0.25) is 0 Å². The first-order valence-corrected chi connectivity index (χ1v) is 11.3. The third kappa shape index (κ3) is 6.29. The van der Waals surface area contributed by atoms with Crippen molar-refractivity contribution in [2.24, 2.45) is 0 Å². The van der Waals surface area contributed by atoms with E-state index in [4.69, 9.17) is 0 Å². The van der Waals surface area contributed by atoms with Crippen LogP contribution in [0.1, 0.15) is 46.7 Å². The SMILES string of the molecule is Cc1cc(F)ccc1[C@@H]1C[C@@H](N(C)C)CCN1C(=O)N(C)Cc1cc(C(F)(F)F)cc(C(F)(F)F)c1. The van der Waals surface area contributed by atoms with E-state index in [9.17, 15) is 35.5 Å². The molecule has 0 spiro atoms. The van der Waals surface area contributed by atoms with Gasteiger partial charge in [0.15, 0.2) is 0 Å². The maximum absolute atomic E-state index is 13.7. The number of hydrogen-bond acceptors (Lipinski definition) is 2. The van der Waals surface area contributed by atoms with Crippen LogP contribution in [0.3, 0.4) is 0 Å². The lowest BCUT2D eigenvalue weighted by molar-refractivity contribution is -0.143. The van der Waals surface area contributed by atoms with Crippen molar-refractivity contribution in [1.82, 2.24) is 14.7 Å². The second-order valence-corrected chi connectivity index (χ2v) is 9.40. The third-order valence-electron chi connectivity index (χ3n) is 6.54. The Hall–Kier alpha value is -2.82. The van der Waals surface area contributed by atoms with Gasteiger partial charge in [0, 0.05) is 26.2 Å². The predicted octanol–water partition coefficient (Wildman–Crippen LogP) is 6.49. The van der Waals surface area contributed by atoms with Gasteiger partial charge in [-0.25, -0.2) is 9.18 Å². The minimum atomic E-state index is -4.97. The quantitative estimate of drug-likeness (QED) is 0.432. The van der Waals surface area contributed by atoms with Crippen molar-refractivity contribution in [1.29, 1.82) is 0 Å². The third-order valence-corrected chi connectivity index (χ3v) is 6.54. The van der Waals surface area contributed by atoms with Crippen LogP contribution in [-0.2, 0) is 18.9 Å². The summed E-state index contributed by atoms with van der Waals surface area (Å²) in [6.45, 7) is 1.60. The average molecular weight is 520 g/mol. The second-order valence-electron chi connectivity index (χ2n) is 9.40. The average Bonchev–Trinajstić information content (AvgIpc) is 2.76. The number of carbonyl (C=O) groups excluding carboxylic acids is 1. The first-order valence-electron chi connectivity index (χ1n) is 11.3. The van der Waals surface area contributed by atoms with Crippen LogP contribution in [-0.4, -0.2) is 54.5 Å². The van der Waals surface area contributed by atoms with E-state index >= 15 is 0 Å². The molecule has 1 fully saturated rings. The lowest BCUT2D eigenvalue weighted by Gasteiger charge is -2.43. The van der Waals surface area contributed by atoms with Gasteiger partial charge >= 0.3 is 18.4 Å². The summed E-state index contributed by atoms with van der Waals surface area (Å²) >= 11 is 0.